The third kappa shape index (κ3) is 3.48. The molecule has 150 valence electrons. The summed E-state index contributed by atoms with van der Waals surface area (Å²) in [4.78, 5) is 15.8. The summed E-state index contributed by atoms with van der Waals surface area (Å²) in [7, 11) is 0. The van der Waals surface area contributed by atoms with Crippen LogP contribution in [0.25, 0.3) is 28.5 Å². The lowest BCUT2D eigenvalue weighted by Crippen LogP contribution is -2.02. The third-order valence-corrected chi connectivity index (χ3v) is 4.75. The van der Waals surface area contributed by atoms with Gasteiger partial charge in [-0.15, -0.1) is 5.10 Å². The molecule has 0 amide bonds. The van der Waals surface area contributed by atoms with E-state index < -0.39 is 5.97 Å². The van der Waals surface area contributed by atoms with E-state index in [9.17, 15) is 15.0 Å². The van der Waals surface area contributed by atoms with Crippen molar-refractivity contribution in [2.75, 3.05) is 0 Å². The molecule has 0 bridgehead atoms. The molecule has 0 spiro atoms. The number of aromatic nitrogens is 3. The molecule has 30 heavy (non-hydrogen) atoms. The number of phenolic OH excluding ortho intramolecular Hbond substituents is 2. The van der Waals surface area contributed by atoms with Crippen LogP contribution in [0.15, 0.2) is 60.7 Å². The molecule has 7 nitrogen and oxygen atoms in total. The minimum atomic E-state index is -1.03. The summed E-state index contributed by atoms with van der Waals surface area (Å²) in [6.07, 6.45) is 0. The monoisotopic (exact) mass is 401 g/mol. The molecule has 3 aromatic carbocycles. The number of hydrogen-bond donors (Lipinski definition) is 3. The van der Waals surface area contributed by atoms with Crippen LogP contribution in [-0.4, -0.2) is 36.1 Å². The highest BCUT2D eigenvalue weighted by Gasteiger charge is 2.20. The molecule has 0 unspecified atom stereocenters. The quantitative estimate of drug-likeness (QED) is 0.470. The first kappa shape index (κ1) is 19.2. The predicted molar refractivity (Wildman–Crippen MR) is 112 cm³/mol. The Morgan fingerprint density at radius 2 is 1.40 bits per heavy atom. The maximum atomic E-state index is 11.2. The van der Waals surface area contributed by atoms with E-state index in [2.05, 4.69) is 10.1 Å². The summed E-state index contributed by atoms with van der Waals surface area (Å²) in [6.45, 7) is 3.80. The fraction of sp³-hybridized carbons (Fsp3) is 0.0870. The average Bonchev–Trinajstić information content (AvgIpc) is 3.16. The number of aromatic carboxylic acids is 1. The molecule has 0 fully saturated rings. The standard InChI is InChI=1S/C23H19N3O4/c1-13-3-9-19(27)17(11-13)21-24-22(18-12-14(2)4-10-20(18)28)26(25-21)16-7-5-15(6-8-16)23(29)30/h3-12,27-28H,1-2H3,(H,29,30). The van der Waals surface area contributed by atoms with Crippen molar-refractivity contribution >= 4 is 5.97 Å². The van der Waals surface area contributed by atoms with Gasteiger partial charge in [-0.3, -0.25) is 0 Å². The molecule has 0 aliphatic heterocycles. The van der Waals surface area contributed by atoms with Gasteiger partial charge in [0.2, 0.25) is 0 Å². The van der Waals surface area contributed by atoms with Crippen LogP contribution in [0.3, 0.4) is 0 Å². The van der Waals surface area contributed by atoms with Gasteiger partial charge in [-0.25, -0.2) is 14.5 Å². The third-order valence-electron chi connectivity index (χ3n) is 4.75. The van der Waals surface area contributed by atoms with E-state index in [0.29, 0.717) is 22.6 Å². The van der Waals surface area contributed by atoms with Gasteiger partial charge in [0.05, 0.1) is 22.4 Å². The number of benzene rings is 3. The highest BCUT2D eigenvalue weighted by atomic mass is 16.4. The van der Waals surface area contributed by atoms with Gasteiger partial charge in [0, 0.05) is 0 Å². The van der Waals surface area contributed by atoms with Gasteiger partial charge in [0.15, 0.2) is 11.6 Å². The Bertz CT molecular complexity index is 1260. The predicted octanol–water partition coefficient (Wildman–Crippen LogP) is 4.33. The van der Waals surface area contributed by atoms with E-state index in [1.807, 2.05) is 13.8 Å². The van der Waals surface area contributed by atoms with Crippen LogP contribution in [-0.2, 0) is 0 Å². The maximum Gasteiger partial charge on any atom is 0.335 e. The second-order valence-electron chi connectivity index (χ2n) is 7.06. The van der Waals surface area contributed by atoms with Crippen molar-refractivity contribution in [3.8, 4) is 40.0 Å². The number of nitrogens with zero attached hydrogens (tertiary/aromatic N) is 3. The fourth-order valence-electron chi connectivity index (χ4n) is 3.18. The summed E-state index contributed by atoms with van der Waals surface area (Å²) in [6, 6.07) is 16.5. The second-order valence-corrected chi connectivity index (χ2v) is 7.06. The largest absolute Gasteiger partial charge is 0.507 e. The summed E-state index contributed by atoms with van der Waals surface area (Å²) >= 11 is 0. The fourth-order valence-corrected chi connectivity index (χ4v) is 3.18. The Hall–Kier alpha value is -4.13. The van der Waals surface area contributed by atoms with Crippen molar-refractivity contribution < 1.29 is 20.1 Å². The molecule has 0 saturated carbocycles. The van der Waals surface area contributed by atoms with Crippen molar-refractivity contribution in [1.29, 1.82) is 0 Å². The molecule has 0 saturated heterocycles. The Balaban J connectivity index is 1.95. The van der Waals surface area contributed by atoms with E-state index in [-0.39, 0.29) is 22.9 Å². The Kier molecular flexibility index (Phi) is 4.71. The smallest absolute Gasteiger partial charge is 0.335 e. The molecule has 4 rings (SSSR count). The van der Waals surface area contributed by atoms with Crippen molar-refractivity contribution in [3.63, 3.8) is 0 Å². The number of carboxylic acids is 1. The summed E-state index contributed by atoms with van der Waals surface area (Å²) < 4.78 is 1.53. The lowest BCUT2D eigenvalue weighted by atomic mass is 10.1. The summed E-state index contributed by atoms with van der Waals surface area (Å²) in [5, 5.41) is 34.5. The van der Waals surface area contributed by atoms with E-state index >= 15 is 0 Å². The number of aryl methyl sites for hydroxylation is 2. The summed E-state index contributed by atoms with van der Waals surface area (Å²) in [5.74, 6) is -0.290. The van der Waals surface area contributed by atoms with Crippen LogP contribution in [0.2, 0.25) is 0 Å². The van der Waals surface area contributed by atoms with Gasteiger partial charge in [-0.1, -0.05) is 23.3 Å². The highest BCUT2D eigenvalue weighted by molar-refractivity contribution is 5.87. The Morgan fingerprint density at radius 1 is 0.833 bits per heavy atom. The first-order valence-electron chi connectivity index (χ1n) is 9.24. The first-order valence-corrected chi connectivity index (χ1v) is 9.24. The molecular formula is C23H19N3O4. The molecule has 1 aromatic heterocycles. The normalized spacial score (nSPS) is 10.9. The number of aromatic hydroxyl groups is 2. The van der Waals surface area contributed by atoms with Crippen molar-refractivity contribution in [1.82, 2.24) is 14.8 Å². The first-order chi connectivity index (χ1) is 14.3. The lowest BCUT2D eigenvalue weighted by Gasteiger charge is -2.08. The molecule has 7 heteroatoms. The number of carboxylic acid groups (broad SMARTS) is 1. The van der Waals surface area contributed by atoms with E-state index in [0.717, 1.165) is 11.1 Å². The molecular weight excluding hydrogens is 382 g/mol. The van der Waals surface area contributed by atoms with Crippen molar-refractivity contribution in [2.24, 2.45) is 0 Å². The highest BCUT2D eigenvalue weighted by Crippen LogP contribution is 2.34. The van der Waals surface area contributed by atoms with E-state index in [1.165, 1.54) is 16.8 Å². The van der Waals surface area contributed by atoms with Crippen molar-refractivity contribution in [3.05, 3.63) is 77.4 Å². The van der Waals surface area contributed by atoms with E-state index in [1.54, 1.807) is 48.5 Å². The molecule has 4 aromatic rings. The minimum absolute atomic E-state index is 0.0384. The Labute approximate surface area is 172 Å². The van der Waals surface area contributed by atoms with Crippen LogP contribution in [0.1, 0.15) is 21.5 Å². The lowest BCUT2D eigenvalue weighted by molar-refractivity contribution is 0.0697. The summed E-state index contributed by atoms with van der Waals surface area (Å²) in [5.41, 5.74) is 3.52. The average molecular weight is 401 g/mol. The molecule has 0 aliphatic rings. The second kappa shape index (κ2) is 7.36. The van der Waals surface area contributed by atoms with Crippen molar-refractivity contribution in [2.45, 2.75) is 13.8 Å². The zero-order chi connectivity index (χ0) is 21.4. The maximum absolute atomic E-state index is 11.2. The number of rotatable bonds is 4. The van der Waals surface area contributed by atoms with Gasteiger partial charge >= 0.3 is 5.97 Å². The molecule has 1 heterocycles. The Morgan fingerprint density at radius 3 is 2.00 bits per heavy atom. The topological polar surface area (TPSA) is 108 Å². The van der Waals surface area contributed by atoms with Crippen LogP contribution < -0.4 is 0 Å². The molecule has 0 aliphatic carbocycles. The van der Waals surface area contributed by atoms with Gasteiger partial charge in [0.25, 0.3) is 0 Å². The SMILES string of the molecule is Cc1ccc(O)c(-c2nc(-c3cc(C)ccc3O)n(-c3ccc(C(=O)O)cc3)n2)c1. The zero-order valence-electron chi connectivity index (χ0n) is 16.4. The van der Waals surface area contributed by atoms with Crippen LogP contribution in [0.4, 0.5) is 0 Å². The minimum Gasteiger partial charge on any atom is -0.507 e. The van der Waals surface area contributed by atoms with Crippen LogP contribution in [0, 0.1) is 13.8 Å². The van der Waals surface area contributed by atoms with Gasteiger partial charge in [-0.2, -0.15) is 0 Å². The van der Waals surface area contributed by atoms with Gasteiger partial charge < -0.3 is 15.3 Å². The zero-order valence-corrected chi connectivity index (χ0v) is 16.4. The molecule has 0 atom stereocenters. The number of phenols is 2. The number of hydrogen-bond acceptors (Lipinski definition) is 5. The van der Waals surface area contributed by atoms with Gasteiger partial charge in [-0.05, 0) is 62.4 Å². The molecule has 0 radical (unpaired) electrons. The van der Waals surface area contributed by atoms with Crippen LogP contribution in [0.5, 0.6) is 11.5 Å². The number of carbonyl (C=O) groups is 1. The van der Waals surface area contributed by atoms with E-state index in [4.69, 9.17) is 5.11 Å². The molecule has 3 N–H and O–H groups in total. The van der Waals surface area contributed by atoms with Crippen LogP contribution >= 0.6 is 0 Å². The van der Waals surface area contributed by atoms with Gasteiger partial charge in [0.1, 0.15) is 11.5 Å².